The Morgan fingerprint density at radius 3 is 1.46 bits per heavy atom. The molecule has 0 bridgehead atoms. The summed E-state index contributed by atoms with van der Waals surface area (Å²) in [5.74, 6) is 0.0352. The molecule has 0 aliphatic rings. The third-order valence-electron chi connectivity index (χ3n) is 4.64. The van der Waals surface area contributed by atoms with Crippen LogP contribution in [0.2, 0.25) is 0 Å². The molecule has 0 saturated carbocycles. The van der Waals surface area contributed by atoms with Crippen LogP contribution in [0.4, 0.5) is 0 Å². The summed E-state index contributed by atoms with van der Waals surface area (Å²) < 4.78 is 0. The highest BCUT2D eigenvalue weighted by Gasteiger charge is 2.44. The van der Waals surface area contributed by atoms with E-state index in [1.807, 2.05) is 0 Å². The summed E-state index contributed by atoms with van der Waals surface area (Å²) in [5, 5.41) is 7.12. The smallest absolute Gasteiger partial charge is 0.216 e. The first kappa shape index (κ1) is 18.4. The topological polar surface area (TPSA) is 29.1 Å². The van der Waals surface area contributed by atoms with Crippen LogP contribution in [-0.4, -0.2) is 18.6 Å². The number of carbonyl (C=O) groups excluding carboxylic acids is 1. The van der Waals surface area contributed by atoms with Gasteiger partial charge in [0.1, 0.15) is 23.2 Å². The maximum Gasteiger partial charge on any atom is 0.216 e. The van der Waals surface area contributed by atoms with Crippen LogP contribution in [0, 0.1) is 0 Å². The van der Waals surface area contributed by atoms with Gasteiger partial charge in [0, 0.05) is 13.5 Å². The molecule has 2 nitrogen and oxygen atoms in total. The largest absolute Gasteiger partial charge is 0.356 e. The number of nitrogens with one attached hydrogen (secondary N) is 1. The van der Waals surface area contributed by atoms with Gasteiger partial charge in [-0.3, -0.25) is 4.79 Å². The van der Waals surface area contributed by atoms with Crippen LogP contribution in [0.1, 0.15) is 13.3 Å². The molecule has 1 amide bonds. The van der Waals surface area contributed by atoms with Crippen molar-refractivity contribution in [1.82, 2.24) is 5.32 Å². The Kier molecular flexibility index (Phi) is 6.20. The summed E-state index contributed by atoms with van der Waals surface area (Å²) in [6.07, 6.45) is 1.98. The fraction of sp³-hybridized carbons (Fsp3) is 0.174. The first-order chi connectivity index (χ1) is 12.7. The second kappa shape index (κ2) is 8.78. The number of rotatable bonds is 7. The van der Waals surface area contributed by atoms with Gasteiger partial charge in [0.25, 0.3) is 0 Å². The molecule has 1 N–H and O–H groups in total. The number of benzene rings is 3. The van der Waals surface area contributed by atoms with E-state index in [1.165, 1.54) is 15.9 Å². The first-order valence-corrected chi connectivity index (χ1v) is 11.0. The summed E-state index contributed by atoms with van der Waals surface area (Å²) in [4.78, 5) is 11.3. The molecule has 26 heavy (non-hydrogen) atoms. The molecule has 0 radical (unpaired) electrons. The highest BCUT2D eigenvalue weighted by Crippen LogP contribution is 2.55. The van der Waals surface area contributed by atoms with Crippen molar-refractivity contribution in [1.29, 1.82) is 0 Å². The molecule has 0 unspecified atom stereocenters. The molecule has 0 aromatic heterocycles. The van der Waals surface area contributed by atoms with E-state index in [9.17, 15) is 4.79 Å². The van der Waals surface area contributed by atoms with Gasteiger partial charge in [0.15, 0.2) is 0 Å². The van der Waals surface area contributed by atoms with Crippen LogP contribution in [0.5, 0.6) is 0 Å². The molecule has 0 fully saturated rings. The van der Waals surface area contributed by atoms with Gasteiger partial charge >= 0.3 is 0 Å². The minimum atomic E-state index is -1.76. The summed E-state index contributed by atoms with van der Waals surface area (Å²) in [7, 11) is -1.76. The number of hydrogen-bond acceptors (Lipinski definition) is 1. The monoisotopic (exact) mass is 362 g/mol. The van der Waals surface area contributed by atoms with E-state index >= 15 is 0 Å². The van der Waals surface area contributed by atoms with Crippen LogP contribution in [0.15, 0.2) is 91.0 Å². The molecule has 3 rings (SSSR count). The standard InChI is InChI=1S/C23H24NOP/c1-20(25)24-18-11-19-26(21-12-5-2-6-13-21,22-14-7-3-8-15-22)23-16-9-4-10-17-23/h2-10,12-17H,11,18-19H2,1H3/p+1. The highest BCUT2D eigenvalue weighted by molar-refractivity contribution is 7.95. The third-order valence-corrected chi connectivity index (χ3v) is 9.16. The Bertz CT molecular complexity index is 722. The van der Waals surface area contributed by atoms with Crippen molar-refractivity contribution in [2.75, 3.05) is 12.7 Å². The molecular formula is C23H25NOP+. The predicted molar refractivity (Wildman–Crippen MR) is 113 cm³/mol. The van der Waals surface area contributed by atoms with Gasteiger partial charge in [-0.25, -0.2) is 0 Å². The second-order valence-electron chi connectivity index (χ2n) is 6.38. The molecule has 3 aromatic rings. The summed E-state index contributed by atoms with van der Waals surface area (Å²) in [5.41, 5.74) is 0. The van der Waals surface area contributed by atoms with Crippen LogP contribution >= 0.6 is 7.26 Å². The fourth-order valence-corrected chi connectivity index (χ4v) is 7.81. The average molecular weight is 362 g/mol. The molecule has 0 saturated heterocycles. The average Bonchev–Trinajstić information content (AvgIpc) is 2.70. The lowest BCUT2D eigenvalue weighted by Crippen LogP contribution is -2.34. The van der Waals surface area contributed by atoms with Crippen molar-refractivity contribution in [3.63, 3.8) is 0 Å². The molecular weight excluding hydrogens is 337 g/mol. The second-order valence-corrected chi connectivity index (χ2v) is 9.99. The molecule has 0 spiro atoms. The van der Waals surface area contributed by atoms with Gasteiger partial charge < -0.3 is 5.32 Å². The molecule has 0 heterocycles. The van der Waals surface area contributed by atoms with E-state index in [1.54, 1.807) is 6.92 Å². The lowest BCUT2D eigenvalue weighted by molar-refractivity contribution is -0.118. The van der Waals surface area contributed by atoms with Crippen molar-refractivity contribution in [2.24, 2.45) is 0 Å². The van der Waals surface area contributed by atoms with Crippen LogP contribution in [0.3, 0.4) is 0 Å². The van der Waals surface area contributed by atoms with Crippen molar-refractivity contribution in [2.45, 2.75) is 13.3 Å². The van der Waals surface area contributed by atoms with Crippen molar-refractivity contribution in [3.05, 3.63) is 91.0 Å². The van der Waals surface area contributed by atoms with Gasteiger partial charge in [0.2, 0.25) is 5.91 Å². The van der Waals surface area contributed by atoms with Gasteiger partial charge in [0.05, 0.1) is 6.16 Å². The Morgan fingerprint density at radius 1 is 0.731 bits per heavy atom. The summed E-state index contributed by atoms with van der Waals surface area (Å²) in [6, 6.07) is 32.5. The minimum absolute atomic E-state index is 0.0352. The predicted octanol–water partition coefficient (Wildman–Crippen LogP) is 3.51. The van der Waals surface area contributed by atoms with Crippen molar-refractivity contribution in [3.8, 4) is 0 Å². The fourth-order valence-electron chi connectivity index (χ4n) is 3.46. The van der Waals surface area contributed by atoms with Gasteiger partial charge in [-0.05, 0) is 42.8 Å². The van der Waals surface area contributed by atoms with Crippen LogP contribution in [-0.2, 0) is 4.79 Å². The maximum atomic E-state index is 11.3. The normalized spacial score (nSPS) is 11.1. The maximum absolute atomic E-state index is 11.3. The van der Waals surface area contributed by atoms with E-state index in [0.717, 1.165) is 12.6 Å². The zero-order valence-electron chi connectivity index (χ0n) is 15.1. The molecule has 3 heteroatoms. The van der Waals surface area contributed by atoms with E-state index < -0.39 is 7.26 Å². The summed E-state index contributed by atoms with van der Waals surface area (Å²) >= 11 is 0. The van der Waals surface area contributed by atoms with Crippen LogP contribution < -0.4 is 21.2 Å². The molecule has 0 atom stereocenters. The van der Waals surface area contributed by atoms with E-state index in [2.05, 4.69) is 96.3 Å². The Hall–Kier alpha value is -2.44. The molecule has 0 aliphatic carbocycles. The Labute approximate surface area is 156 Å². The number of hydrogen-bond donors (Lipinski definition) is 1. The SMILES string of the molecule is CC(=O)NCCC[P+](c1ccccc1)(c1ccccc1)c1ccccc1. The Morgan fingerprint density at radius 2 is 1.12 bits per heavy atom. The zero-order chi connectivity index (χ0) is 18.2. The molecule has 3 aromatic carbocycles. The van der Waals surface area contributed by atoms with Gasteiger partial charge in [-0.2, -0.15) is 0 Å². The molecule has 132 valence electrons. The highest BCUT2D eigenvalue weighted by atomic mass is 31.2. The first-order valence-electron chi connectivity index (χ1n) is 9.03. The number of amides is 1. The lowest BCUT2D eigenvalue weighted by Gasteiger charge is -2.27. The summed E-state index contributed by atoms with van der Waals surface area (Å²) in [6.45, 7) is 2.29. The van der Waals surface area contributed by atoms with Crippen molar-refractivity contribution < 1.29 is 4.79 Å². The van der Waals surface area contributed by atoms with E-state index in [0.29, 0.717) is 6.54 Å². The van der Waals surface area contributed by atoms with E-state index in [4.69, 9.17) is 0 Å². The Balaban J connectivity index is 2.10. The third kappa shape index (κ3) is 4.03. The van der Waals surface area contributed by atoms with Gasteiger partial charge in [-0.1, -0.05) is 54.6 Å². The zero-order valence-corrected chi connectivity index (χ0v) is 16.0. The van der Waals surface area contributed by atoms with Crippen molar-refractivity contribution >= 4 is 29.1 Å². The minimum Gasteiger partial charge on any atom is -0.356 e. The van der Waals surface area contributed by atoms with Crippen LogP contribution in [0.25, 0.3) is 0 Å². The quantitative estimate of drug-likeness (QED) is 0.506. The molecule has 0 aliphatic heterocycles. The lowest BCUT2D eigenvalue weighted by atomic mass is 10.3. The van der Waals surface area contributed by atoms with E-state index in [-0.39, 0.29) is 5.91 Å². The van der Waals surface area contributed by atoms with Gasteiger partial charge in [-0.15, -0.1) is 0 Å². The number of carbonyl (C=O) groups is 1.